The fraction of sp³-hybridized carbons (Fsp3) is 0.632. The van der Waals surface area contributed by atoms with E-state index >= 15 is 0 Å². The Kier molecular flexibility index (Phi) is 6.90. The Morgan fingerprint density at radius 1 is 1.30 bits per heavy atom. The standard InChI is InChI=1S/C19H30N2O2/c1-15-10-12-16(13-11-15)6-4-7-17-8-5-9-18(14-17)20-19(22)21(2)23-3/h5,8-9,14-16H,4,6-7,10-13H2,1-3H3,(H,20,22). The summed E-state index contributed by atoms with van der Waals surface area (Å²) in [5.74, 6) is 1.85. The first kappa shape index (κ1) is 17.8. The third kappa shape index (κ3) is 5.87. The Morgan fingerprint density at radius 3 is 2.74 bits per heavy atom. The van der Waals surface area contributed by atoms with Gasteiger partial charge in [0.1, 0.15) is 0 Å². The molecule has 4 heteroatoms. The van der Waals surface area contributed by atoms with Gasteiger partial charge in [-0.25, -0.2) is 9.86 Å². The highest BCUT2D eigenvalue weighted by Crippen LogP contribution is 2.31. The van der Waals surface area contributed by atoms with Crippen molar-refractivity contribution in [3.63, 3.8) is 0 Å². The van der Waals surface area contributed by atoms with E-state index in [1.807, 2.05) is 12.1 Å². The number of rotatable bonds is 6. The summed E-state index contributed by atoms with van der Waals surface area (Å²) in [6, 6.07) is 7.84. The van der Waals surface area contributed by atoms with Crippen LogP contribution in [-0.4, -0.2) is 25.3 Å². The first-order chi connectivity index (χ1) is 11.1. The molecular formula is C19H30N2O2. The molecule has 1 fully saturated rings. The zero-order chi connectivity index (χ0) is 16.7. The molecule has 1 N–H and O–H groups in total. The minimum absolute atomic E-state index is 0.263. The first-order valence-electron chi connectivity index (χ1n) is 8.76. The number of nitrogens with zero attached hydrogens (tertiary/aromatic N) is 1. The van der Waals surface area contributed by atoms with Crippen LogP contribution in [0, 0.1) is 11.8 Å². The molecule has 1 aromatic carbocycles. The number of urea groups is 1. The number of carbonyl (C=O) groups is 1. The molecule has 1 aliphatic carbocycles. The van der Waals surface area contributed by atoms with Crippen molar-refractivity contribution in [2.24, 2.45) is 11.8 Å². The van der Waals surface area contributed by atoms with Gasteiger partial charge in [-0.3, -0.25) is 4.84 Å². The van der Waals surface area contributed by atoms with Gasteiger partial charge in [0.05, 0.1) is 7.11 Å². The Labute approximate surface area is 140 Å². The molecule has 4 nitrogen and oxygen atoms in total. The summed E-state index contributed by atoms with van der Waals surface area (Å²) in [7, 11) is 3.06. The molecule has 0 atom stereocenters. The van der Waals surface area contributed by atoms with Crippen LogP contribution in [0.4, 0.5) is 10.5 Å². The van der Waals surface area contributed by atoms with E-state index in [1.54, 1.807) is 7.05 Å². The second-order valence-corrected chi connectivity index (χ2v) is 6.83. The van der Waals surface area contributed by atoms with Gasteiger partial charge in [-0.1, -0.05) is 51.2 Å². The Morgan fingerprint density at radius 2 is 2.04 bits per heavy atom. The van der Waals surface area contributed by atoms with Crippen LogP contribution in [0.3, 0.4) is 0 Å². The van der Waals surface area contributed by atoms with E-state index < -0.39 is 0 Å². The molecule has 1 aliphatic rings. The van der Waals surface area contributed by atoms with Crippen LogP contribution in [0.25, 0.3) is 0 Å². The fourth-order valence-electron chi connectivity index (χ4n) is 3.30. The van der Waals surface area contributed by atoms with Gasteiger partial charge in [0.2, 0.25) is 0 Å². The Hall–Kier alpha value is -1.55. The van der Waals surface area contributed by atoms with Crippen LogP contribution < -0.4 is 5.32 Å². The summed E-state index contributed by atoms with van der Waals surface area (Å²) in [6.45, 7) is 2.37. The third-order valence-corrected chi connectivity index (χ3v) is 4.95. The van der Waals surface area contributed by atoms with Gasteiger partial charge in [-0.15, -0.1) is 0 Å². The van der Waals surface area contributed by atoms with Gasteiger partial charge >= 0.3 is 6.03 Å². The molecule has 0 aromatic heterocycles. The van der Waals surface area contributed by atoms with E-state index in [1.165, 1.54) is 56.3 Å². The SMILES string of the molecule is CON(C)C(=O)Nc1cccc(CCCC2CCC(C)CC2)c1. The van der Waals surface area contributed by atoms with Crippen LogP contribution in [0.1, 0.15) is 51.0 Å². The van der Waals surface area contributed by atoms with Crippen molar-refractivity contribution in [2.75, 3.05) is 19.5 Å². The highest BCUT2D eigenvalue weighted by Gasteiger charge is 2.17. The number of benzene rings is 1. The molecule has 0 aliphatic heterocycles. The summed E-state index contributed by atoms with van der Waals surface area (Å²) < 4.78 is 0. The van der Waals surface area contributed by atoms with Gasteiger partial charge in [0, 0.05) is 12.7 Å². The van der Waals surface area contributed by atoms with E-state index in [9.17, 15) is 4.79 Å². The molecule has 0 saturated heterocycles. The van der Waals surface area contributed by atoms with E-state index in [4.69, 9.17) is 4.84 Å². The number of hydrogen-bond acceptors (Lipinski definition) is 2. The Bertz CT molecular complexity index is 496. The lowest BCUT2D eigenvalue weighted by Gasteiger charge is -2.26. The number of amides is 2. The van der Waals surface area contributed by atoms with Gasteiger partial charge < -0.3 is 5.32 Å². The normalized spacial score (nSPS) is 21.0. The summed E-state index contributed by atoms with van der Waals surface area (Å²) >= 11 is 0. The van der Waals surface area contributed by atoms with Crippen LogP contribution >= 0.6 is 0 Å². The van der Waals surface area contributed by atoms with Crippen molar-refractivity contribution in [3.8, 4) is 0 Å². The summed E-state index contributed by atoms with van der Waals surface area (Å²) in [4.78, 5) is 16.7. The summed E-state index contributed by atoms with van der Waals surface area (Å²) in [5, 5.41) is 4.02. The lowest BCUT2D eigenvalue weighted by atomic mass is 9.80. The van der Waals surface area contributed by atoms with E-state index in [0.29, 0.717) is 0 Å². The number of nitrogens with one attached hydrogen (secondary N) is 1. The number of aryl methyl sites for hydroxylation is 1. The highest BCUT2D eigenvalue weighted by molar-refractivity contribution is 5.88. The van der Waals surface area contributed by atoms with E-state index in [-0.39, 0.29) is 6.03 Å². The predicted octanol–water partition coefficient (Wildman–Crippen LogP) is 4.86. The second-order valence-electron chi connectivity index (χ2n) is 6.83. The van der Waals surface area contributed by atoms with Crippen molar-refractivity contribution in [3.05, 3.63) is 29.8 Å². The van der Waals surface area contributed by atoms with E-state index in [2.05, 4.69) is 24.4 Å². The maximum Gasteiger partial charge on any atom is 0.345 e. The molecule has 2 rings (SSSR count). The molecular weight excluding hydrogens is 288 g/mol. The average Bonchev–Trinajstić information content (AvgIpc) is 2.56. The largest absolute Gasteiger partial charge is 0.345 e. The van der Waals surface area contributed by atoms with Gasteiger partial charge in [0.25, 0.3) is 0 Å². The van der Waals surface area contributed by atoms with E-state index in [0.717, 1.165) is 23.9 Å². The molecule has 2 amide bonds. The zero-order valence-electron chi connectivity index (χ0n) is 14.7. The van der Waals surface area contributed by atoms with Crippen molar-refractivity contribution in [1.82, 2.24) is 5.06 Å². The van der Waals surface area contributed by atoms with Crippen LogP contribution in [-0.2, 0) is 11.3 Å². The van der Waals surface area contributed by atoms with Crippen LogP contribution in [0.5, 0.6) is 0 Å². The van der Waals surface area contributed by atoms with Gasteiger partial charge in [-0.2, -0.15) is 0 Å². The Balaban J connectivity index is 1.77. The molecule has 0 heterocycles. The predicted molar refractivity (Wildman–Crippen MR) is 94.3 cm³/mol. The molecule has 128 valence electrons. The molecule has 0 unspecified atom stereocenters. The second kappa shape index (κ2) is 8.92. The molecule has 0 bridgehead atoms. The molecule has 23 heavy (non-hydrogen) atoms. The smallest absolute Gasteiger partial charge is 0.306 e. The average molecular weight is 318 g/mol. The quantitative estimate of drug-likeness (QED) is 0.761. The summed E-state index contributed by atoms with van der Waals surface area (Å²) in [5.41, 5.74) is 2.11. The molecule has 1 saturated carbocycles. The van der Waals surface area contributed by atoms with Gasteiger partial charge in [-0.05, 0) is 42.4 Å². The maximum absolute atomic E-state index is 11.8. The summed E-state index contributed by atoms with van der Waals surface area (Å²) in [6.07, 6.45) is 9.25. The fourth-order valence-corrected chi connectivity index (χ4v) is 3.30. The molecule has 0 radical (unpaired) electrons. The minimum Gasteiger partial charge on any atom is -0.306 e. The number of hydrogen-bond donors (Lipinski definition) is 1. The van der Waals surface area contributed by atoms with Crippen molar-refractivity contribution in [2.45, 2.75) is 51.9 Å². The van der Waals surface area contributed by atoms with Crippen LogP contribution in [0.15, 0.2) is 24.3 Å². The number of hydroxylamine groups is 2. The van der Waals surface area contributed by atoms with Crippen molar-refractivity contribution < 1.29 is 9.63 Å². The number of anilines is 1. The monoisotopic (exact) mass is 318 g/mol. The lowest BCUT2D eigenvalue weighted by Crippen LogP contribution is -2.30. The molecule has 0 spiro atoms. The third-order valence-electron chi connectivity index (χ3n) is 4.95. The first-order valence-corrected chi connectivity index (χ1v) is 8.76. The van der Waals surface area contributed by atoms with Crippen molar-refractivity contribution in [1.29, 1.82) is 0 Å². The maximum atomic E-state index is 11.8. The topological polar surface area (TPSA) is 41.6 Å². The van der Waals surface area contributed by atoms with Crippen molar-refractivity contribution >= 4 is 11.7 Å². The van der Waals surface area contributed by atoms with Crippen LogP contribution in [0.2, 0.25) is 0 Å². The highest BCUT2D eigenvalue weighted by atomic mass is 16.7. The molecule has 1 aromatic rings. The zero-order valence-corrected chi connectivity index (χ0v) is 14.7. The van der Waals surface area contributed by atoms with Gasteiger partial charge in [0.15, 0.2) is 0 Å². The minimum atomic E-state index is -0.263. The number of carbonyl (C=O) groups excluding carboxylic acids is 1. The lowest BCUT2D eigenvalue weighted by molar-refractivity contribution is -0.0598.